The molecule has 0 radical (unpaired) electrons. The molecule has 0 aromatic carbocycles. The molecule has 0 spiro atoms. The lowest BCUT2D eigenvalue weighted by atomic mass is 9.98. The molecule has 0 bridgehead atoms. The maximum atomic E-state index is 12.5. The number of rotatable bonds is 1. The summed E-state index contributed by atoms with van der Waals surface area (Å²) in [5, 5.41) is 7.14. The van der Waals surface area contributed by atoms with E-state index in [0.717, 1.165) is 19.6 Å². The van der Waals surface area contributed by atoms with Crippen molar-refractivity contribution in [1.82, 2.24) is 15.4 Å². The lowest BCUT2D eigenvalue weighted by molar-refractivity contribution is 0.0475. The van der Waals surface area contributed by atoms with E-state index < -0.39 is 0 Å². The van der Waals surface area contributed by atoms with E-state index in [1.54, 1.807) is 13.8 Å². The van der Waals surface area contributed by atoms with Gasteiger partial charge < -0.3 is 14.7 Å². The summed E-state index contributed by atoms with van der Waals surface area (Å²) in [4.78, 5) is 14.4. The van der Waals surface area contributed by atoms with Crippen LogP contribution in [0.2, 0.25) is 0 Å². The van der Waals surface area contributed by atoms with E-state index in [9.17, 15) is 4.79 Å². The average Bonchev–Trinajstić information content (AvgIpc) is 2.57. The Kier molecular flexibility index (Phi) is 2.95. The van der Waals surface area contributed by atoms with Gasteiger partial charge in [0.1, 0.15) is 11.3 Å². The van der Waals surface area contributed by atoms with Crippen LogP contribution < -0.4 is 5.32 Å². The summed E-state index contributed by atoms with van der Waals surface area (Å²) in [7, 11) is 0. The minimum absolute atomic E-state index is 0.0211. The molecule has 1 aliphatic rings. The van der Waals surface area contributed by atoms with E-state index >= 15 is 0 Å². The van der Waals surface area contributed by atoms with Gasteiger partial charge in [-0.25, -0.2) is 0 Å². The van der Waals surface area contributed by atoms with Crippen molar-refractivity contribution in [2.24, 2.45) is 0 Å². The van der Waals surface area contributed by atoms with Crippen LogP contribution >= 0.6 is 0 Å². The summed E-state index contributed by atoms with van der Waals surface area (Å²) in [6.07, 6.45) is 0. The Balaban J connectivity index is 2.31. The highest BCUT2D eigenvalue weighted by Gasteiger charge is 2.35. The molecule has 0 saturated carbocycles. The highest BCUT2D eigenvalue weighted by atomic mass is 16.5. The number of aromatic nitrogens is 1. The minimum atomic E-state index is -0.175. The summed E-state index contributed by atoms with van der Waals surface area (Å²) >= 11 is 0. The van der Waals surface area contributed by atoms with Crippen molar-refractivity contribution >= 4 is 5.91 Å². The Labute approximate surface area is 101 Å². The quantitative estimate of drug-likeness (QED) is 0.795. The molecule has 1 amide bonds. The summed E-state index contributed by atoms with van der Waals surface area (Å²) in [5.74, 6) is 0.620. The van der Waals surface area contributed by atoms with Crippen LogP contribution in [0, 0.1) is 13.8 Å². The topological polar surface area (TPSA) is 58.4 Å². The van der Waals surface area contributed by atoms with Gasteiger partial charge in [-0.1, -0.05) is 5.16 Å². The Morgan fingerprint density at radius 2 is 2.18 bits per heavy atom. The standard InChI is InChI=1S/C12H19N3O2/c1-8-10(9(2)17-14-8)11(16)15-6-5-13-7-12(15,3)4/h13H,5-7H2,1-4H3. The number of carbonyl (C=O) groups is 1. The van der Waals surface area contributed by atoms with Gasteiger partial charge in [-0.3, -0.25) is 4.79 Å². The fraction of sp³-hybridized carbons (Fsp3) is 0.667. The second kappa shape index (κ2) is 4.14. The van der Waals surface area contributed by atoms with Crippen molar-refractivity contribution in [3.05, 3.63) is 17.0 Å². The van der Waals surface area contributed by atoms with Crippen molar-refractivity contribution in [1.29, 1.82) is 0 Å². The van der Waals surface area contributed by atoms with Gasteiger partial charge in [-0.05, 0) is 27.7 Å². The van der Waals surface area contributed by atoms with Gasteiger partial charge >= 0.3 is 0 Å². The number of hydrogen-bond donors (Lipinski definition) is 1. The monoisotopic (exact) mass is 237 g/mol. The Morgan fingerprint density at radius 1 is 1.47 bits per heavy atom. The van der Waals surface area contributed by atoms with Gasteiger partial charge in [-0.2, -0.15) is 0 Å². The Morgan fingerprint density at radius 3 is 2.71 bits per heavy atom. The molecule has 0 atom stereocenters. The summed E-state index contributed by atoms with van der Waals surface area (Å²) in [6, 6.07) is 0. The first kappa shape index (κ1) is 12.1. The van der Waals surface area contributed by atoms with E-state index in [1.165, 1.54) is 0 Å². The second-order valence-corrected chi connectivity index (χ2v) is 5.15. The molecule has 1 fully saturated rings. The molecule has 1 saturated heterocycles. The summed E-state index contributed by atoms with van der Waals surface area (Å²) < 4.78 is 5.06. The van der Waals surface area contributed by atoms with E-state index in [0.29, 0.717) is 17.0 Å². The van der Waals surface area contributed by atoms with Crippen LogP contribution in [-0.2, 0) is 0 Å². The third kappa shape index (κ3) is 2.07. The number of carbonyl (C=O) groups excluding carboxylic acids is 1. The van der Waals surface area contributed by atoms with Crippen LogP contribution in [0.4, 0.5) is 0 Å². The Hall–Kier alpha value is -1.36. The summed E-state index contributed by atoms with van der Waals surface area (Å²) in [6.45, 7) is 10.1. The number of hydrogen-bond acceptors (Lipinski definition) is 4. The molecule has 94 valence electrons. The first-order valence-electron chi connectivity index (χ1n) is 5.89. The highest BCUT2D eigenvalue weighted by molar-refractivity contribution is 5.96. The van der Waals surface area contributed by atoms with Gasteiger partial charge in [0, 0.05) is 19.6 Å². The number of amides is 1. The fourth-order valence-electron chi connectivity index (χ4n) is 2.28. The smallest absolute Gasteiger partial charge is 0.259 e. The van der Waals surface area contributed by atoms with Crippen LogP contribution in [0.3, 0.4) is 0 Å². The normalized spacial score (nSPS) is 19.4. The zero-order valence-corrected chi connectivity index (χ0v) is 10.8. The second-order valence-electron chi connectivity index (χ2n) is 5.15. The molecule has 1 aliphatic heterocycles. The maximum Gasteiger partial charge on any atom is 0.259 e. The molecule has 1 N–H and O–H groups in total. The van der Waals surface area contributed by atoms with Gasteiger partial charge in [0.05, 0.1) is 11.2 Å². The van der Waals surface area contributed by atoms with Crippen molar-refractivity contribution in [3.8, 4) is 0 Å². The predicted molar refractivity (Wildman–Crippen MR) is 64.0 cm³/mol. The lowest BCUT2D eigenvalue weighted by Gasteiger charge is -2.42. The zero-order chi connectivity index (χ0) is 12.6. The summed E-state index contributed by atoms with van der Waals surface area (Å²) in [5.41, 5.74) is 1.10. The first-order chi connectivity index (χ1) is 7.93. The molecule has 5 nitrogen and oxygen atoms in total. The van der Waals surface area contributed by atoms with Crippen molar-refractivity contribution in [2.45, 2.75) is 33.2 Å². The maximum absolute atomic E-state index is 12.5. The SMILES string of the molecule is Cc1noc(C)c1C(=O)N1CCNCC1(C)C. The molecule has 2 rings (SSSR count). The third-order valence-corrected chi connectivity index (χ3v) is 3.29. The molecule has 5 heteroatoms. The first-order valence-corrected chi connectivity index (χ1v) is 5.89. The predicted octanol–water partition coefficient (Wildman–Crippen LogP) is 1.12. The van der Waals surface area contributed by atoms with E-state index in [-0.39, 0.29) is 11.4 Å². The lowest BCUT2D eigenvalue weighted by Crippen LogP contribution is -2.59. The number of aryl methyl sites for hydroxylation is 2. The van der Waals surface area contributed by atoms with E-state index in [4.69, 9.17) is 4.52 Å². The van der Waals surface area contributed by atoms with Crippen molar-refractivity contribution in [3.63, 3.8) is 0 Å². The third-order valence-electron chi connectivity index (χ3n) is 3.29. The average molecular weight is 237 g/mol. The van der Waals surface area contributed by atoms with E-state index in [2.05, 4.69) is 24.3 Å². The van der Waals surface area contributed by atoms with E-state index in [1.807, 2.05) is 4.90 Å². The molecular weight excluding hydrogens is 218 g/mol. The molecule has 17 heavy (non-hydrogen) atoms. The zero-order valence-electron chi connectivity index (χ0n) is 10.8. The van der Waals surface area contributed by atoms with Crippen LogP contribution in [-0.4, -0.2) is 41.1 Å². The molecule has 0 unspecified atom stereocenters. The van der Waals surface area contributed by atoms with Gasteiger partial charge in [0.25, 0.3) is 5.91 Å². The Bertz CT molecular complexity index is 417. The number of piperazine rings is 1. The largest absolute Gasteiger partial charge is 0.361 e. The van der Waals surface area contributed by atoms with Gasteiger partial charge in [-0.15, -0.1) is 0 Å². The van der Waals surface area contributed by atoms with Crippen molar-refractivity contribution < 1.29 is 9.32 Å². The fourth-order valence-corrected chi connectivity index (χ4v) is 2.28. The van der Waals surface area contributed by atoms with Crippen LogP contribution in [0.25, 0.3) is 0 Å². The molecule has 1 aromatic rings. The molecular formula is C12H19N3O2. The van der Waals surface area contributed by atoms with Crippen LogP contribution in [0.5, 0.6) is 0 Å². The highest BCUT2D eigenvalue weighted by Crippen LogP contribution is 2.22. The van der Waals surface area contributed by atoms with Crippen LogP contribution in [0.1, 0.15) is 35.7 Å². The minimum Gasteiger partial charge on any atom is -0.361 e. The molecule has 2 heterocycles. The van der Waals surface area contributed by atoms with Gasteiger partial charge in [0.15, 0.2) is 0 Å². The number of nitrogens with zero attached hydrogens (tertiary/aromatic N) is 2. The van der Waals surface area contributed by atoms with Crippen LogP contribution in [0.15, 0.2) is 4.52 Å². The number of nitrogens with one attached hydrogen (secondary N) is 1. The van der Waals surface area contributed by atoms with Crippen molar-refractivity contribution in [2.75, 3.05) is 19.6 Å². The molecule has 1 aromatic heterocycles. The van der Waals surface area contributed by atoms with Gasteiger partial charge in [0.2, 0.25) is 0 Å². The molecule has 0 aliphatic carbocycles.